The minimum atomic E-state index is 0.199. The Kier molecular flexibility index (Phi) is 6.72. The first-order valence-electron chi connectivity index (χ1n) is 10.3. The lowest BCUT2D eigenvalue weighted by molar-refractivity contribution is 0.209. The van der Waals surface area contributed by atoms with Crippen molar-refractivity contribution in [2.75, 3.05) is 26.2 Å². The van der Waals surface area contributed by atoms with Crippen molar-refractivity contribution in [2.24, 2.45) is 5.92 Å². The third-order valence-corrected chi connectivity index (χ3v) is 6.23. The lowest BCUT2D eigenvalue weighted by atomic mass is 9.86. The molecule has 1 aliphatic carbocycles. The number of hydrogen-bond donors (Lipinski definition) is 1. The highest BCUT2D eigenvalue weighted by atomic mass is 16.3. The summed E-state index contributed by atoms with van der Waals surface area (Å²) in [4.78, 5) is 2.61. The van der Waals surface area contributed by atoms with Crippen LogP contribution in [0.15, 0.2) is 23.8 Å². The van der Waals surface area contributed by atoms with Crippen LogP contribution < -0.4 is 0 Å². The highest BCUT2D eigenvalue weighted by Gasteiger charge is 2.23. The lowest BCUT2D eigenvalue weighted by Crippen LogP contribution is -2.36. The molecule has 1 aliphatic heterocycles. The van der Waals surface area contributed by atoms with Gasteiger partial charge in [-0.25, -0.2) is 0 Å². The molecule has 0 aromatic heterocycles. The third-order valence-electron chi connectivity index (χ3n) is 6.23. The quantitative estimate of drug-likeness (QED) is 0.822. The van der Waals surface area contributed by atoms with Crippen molar-refractivity contribution in [3.05, 3.63) is 40.5 Å². The molecule has 1 saturated carbocycles. The molecule has 1 fully saturated rings. The van der Waals surface area contributed by atoms with E-state index in [1.807, 2.05) is 0 Å². The fourth-order valence-electron chi connectivity index (χ4n) is 4.87. The Bertz CT molecular complexity index is 576. The van der Waals surface area contributed by atoms with E-state index in [4.69, 9.17) is 0 Å². The van der Waals surface area contributed by atoms with Crippen molar-refractivity contribution in [2.45, 2.75) is 65.2 Å². The Morgan fingerprint density at radius 3 is 2.28 bits per heavy atom. The van der Waals surface area contributed by atoms with E-state index in [-0.39, 0.29) is 6.61 Å². The van der Waals surface area contributed by atoms with E-state index in [1.165, 1.54) is 79.3 Å². The molecule has 1 N–H and O–H groups in total. The molecule has 25 heavy (non-hydrogen) atoms. The molecule has 0 saturated heterocycles. The molecule has 3 rings (SSSR count). The van der Waals surface area contributed by atoms with Crippen molar-refractivity contribution in [1.82, 2.24) is 4.90 Å². The van der Waals surface area contributed by atoms with Crippen LogP contribution in [0, 0.1) is 19.8 Å². The first-order valence-corrected chi connectivity index (χ1v) is 10.3. The van der Waals surface area contributed by atoms with Crippen LogP contribution in [0.25, 0.3) is 5.57 Å². The van der Waals surface area contributed by atoms with Crippen LogP contribution in [-0.4, -0.2) is 36.2 Å². The number of aliphatic hydroxyl groups is 1. The first-order chi connectivity index (χ1) is 12.2. The van der Waals surface area contributed by atoms with Gasteiger partial charge in [0.1, 0.15) is 0 Å². The van der Waals surface area contributed by atoms with Gasteiger partial charge in [-0.2, -0.15) is 0 Å². The zero-order valence-corrected chi connectivity index (χ0v) is 16.2. The van der Waals surface area contributed by atoms with Gasteiger partial charge in [-0.15, -0.1) is 0 Å². The molecule has 138 valence electrons. The van der Waals surface area contributed by atoms with Crippen LogP contribution in [-0.2, 0) is 0 Å². The molecule has 1 heterocycles. The van der Waals surface area contributed by atoms with Crippen molar-refractivity contribution in [1.29, 1.82) is 0 Å². The van der Waals surface area contributed by atoms with Gasteiger partial charge in [-0.3, -0.25) is 4.90 Å². The van der Waals surface area contributed by atoms with Gasteiger partial charge >= 0.3 is 0 Å². The topological polar surface area (TPSA) is 23.5 Å². The highest BCUT2D eigenvalue weighted by Crippen LogP contribution is 2.33. The second kappa shape index (κ2) is 9.00. The summed E-state index contributed by atoms with van der Waals surface area (Å²) in [6.07, 6.45) is 11.0. The van der Waals surface area contributed by atoms with Crippen LogP contribution in [0.1, 0.15) is 68.1 Å². The second-order valence-electron chi connectivity index (χ2n) is 8.20. The summed E-state index contributed by atoms with van der Waals surface area (Å²) in [6.45, 7) is 7.92. The molecule has 2 nitrogen and oxygen atoms in total. The largest absolute Gasteiger partial charge is 0.392 e. The van der Waals surface area contributed by atoms with Crippen LogP contribution in [0.5, 0.6) is 0 Å². The molecule has 1 aromatic carbocycles. The highest BCUT2D eigenvalue weighted by molar-refractivity contribution is 5.74. The van der Waals surface area contributed by atoms with E-state index in [0.29, 0.717) is 0 Å². The Hall–Kier alpha value is -1.12. The maximum absolute atomic E-state index is 10.0. The van der Waals surface area contributed by atoms with Crippen LogP contribution in [0.4, 0.5) is 0 Å². The fraction of sp³-hybridized carbons (Fsp3) is 0.652. The third kappa shape index (κ3) is 4.74. The Morgan fingerprint density at radius 1 is 1.00 bits per heavy atom. The van der Waals surface area contributed by atoms with Crippen LogP contribution in [0.3, 0.4) is 0 Å². The molecule has 0 bridgehead atoms. The molecule has 0 spiro atoms. The number of aryl methyl sites for hydroxylation is 2. The average Bonchev–Trinajstić information content (AvgIpc) is 2.58. The predicted molar refractivity (Wildman–Crippen MR) is 107 cm³/mol. The summed E-state index contributed by atoms with van der Waals surface area (Å²) in [5.74, 6) is 0.863. The monoisotopic (exact) mass is 341 g/mol. The van der Waals surface area contributed by atoms with E-state index in [2.05, 4.69) is 36.9 Å². The first kappa shape index (κ1) is 18.7. The van der Waals surface area contributed by atoms with E-state index >= 15 is 0 Å². The number of nitrogens with zero attached hydrogens (tertiary/aromatic N) is 1. The predicted octanol–water partition coefficient (Wildman–Crippen LogP) is 5.12. The summed E-state index contributed by atoms with van der Waals surface area (Å²) in [5.41, 5.74) is 6.72. The number of aliphatic hydroxyl groups excluding tert-OH is 1. The molecule has 0 atom stereocenters. The molecule has 1 aromatic rings. The van der Waals surface area contributed by atoms with E-state index in [9.17, 15) is 5.11 Å². The van der Waals surface area contributed by atoms with Crippen molar-refractivity contribution >= 4 is 5.57 Å². The minimum absolute atomic E-state index is 0.199. The molecule has 0 amide bonds. The molecular formula is C23H35NO. The lowest BCUT2D eigenvalue weighted by Gasteiger charge is -2.34. The van der Waals surface area contributed by atoms with Crippen LogP contribution >= 0.6 is 0 Å². The van der Waals surface area contributed by atoms with E-state index in [1.54, 1.807) is 0 Å². The number of hydrogen-bond acceptors (Lipinski definition) is 2. The summed E-state index contributed by atoms with van der Waals surface area (Å²) < 4.78 is 0. The van der Waals surface area contributed by atoms with E-state index < -0.39 is 0 Å². The standard InChI is InChI=1S/C23H35NO/c1-18-9-8-10-19(2)23(18)22-13-14-24(16-21(22)17-25)15-20-11-6-4-3-5-7-12-20/h8-10,20,25H,3-7,11-17H2,1-2H3. The summed E-state index contributed by atoms with van der Waals surface area (Å²) in [6, 6.07) is 6.54. The molecule has 0 unspecified atom stereocenters. The number of benzene rings is 1. The Labute approximate surface area is 153 Å². The van der Waals surface area contributed by atoms with Gasteiger partial charge in [0.2, 0.25) is 0 Å². The van der Waals surface area contributed by atoms with Gasteiger partial charge in [0.05, 0.1) is 6.61 Å². The van der Waals surface area contributed by atoms with Crippen molar-refractivity contribution < 1.29 is 5.11 Å². The zero-order valence-electron chi connectivity index (χ0n) is 16.2. The zero-order chi connectivity index (χ0) is 17.6. The molecule has 2 heteroatoms. The fourth-order valence-corrected chi connectivity index (χ4v) is 4.87. The van der Waals surface area contributed by atoms with Gasteiger partial charge in [-0.05, 0) is 66.9 Å². The summed E-state index contributed by atoms with van der Waals surface area (Å²) in [7, 11) is 0. The SMILES string of the molecule is Cc1cccc(C)c1C1=C(CO)CN(CC2CCCCCCC2)CC1. The summed E-state index contributed by atoms with van der Waals surface area (Å²) in [5, 5.41) is 10.0. The molecule has 2 aliphatic rings. The maximum atomic E-state index is 10.0. The number of rotatable bonds is 4. The Morgan fingerprint density at radius 2 is 1.64 bits per heavy atom. The second-order valence-corrected chi connectivity index (χ2v) is 8.20. The van der Waals surface area contributed by atoms with Gasteiger partial charge in [0.15, 0.2) is 0 Å². The van der Waals surface area contributed by atoms with E-state index in [0.717, 1.165) is 25.4 Å². The Balaban J connectivity index is 1.71. The van der Waals surface area contributed by atoms with Crippen LogP contribution in [0.2, 0.25) is 0 Å². The van der Waals surface area contributed by atoms with Crippen molar-refractivity contribution in [3.8, 4) is 0 Å². The van der Waals surface area contributed by atoms with Gasteiger partial charge < -0.3 is 5.11 Å². The minimum Gasteiger partial charge on any atom is -0.392 e. The van der Waals surface area contributed by atoms with Gasteiger partial charge in [-0.1, -0.05) is 50.3 Å². The molecular weight excluding hydrogens is 306 g/mol. The average molecular weight is 342 g/mol. The smallest absolute Gasteiger partial charge is 0.0660 e. The molecule has 0 radical (unpaired) electrons. The van der Waals surface area contributed by atoms with Gasteiger partial charge in [0, 0.05) is 19.6 Å². The van der Waals surface area contributed by atoms with Gasteiger partial charge in [0.25, 0.3) is 0 Å². The maximum Gasteiger partial charge on any atom is 0.0660 e. The van der Waals surface area contributed by atoms with Crippen molar-refractivity contribution in [3.63, 3.8) is 0 Å². The summed E-state index contributed by atoms with van der Waals surface area (Å²) >= 11 is 0. The normalized spacial score (nSPS) is 21.2.